The van der Waals surface area contributed by atoms with Crippen LogP contribution >= 0.6 is 0 Å². The zero-order valence-electron chi connectivity index (χ0n) is 10.3. The minimum Gasteiger partial charge on any atom is -0.398 e. The molecule has 1 aromatic rings. The first-order chi connectivity index (χ1) is 8.48. The fourth-order valence-electron chi connectivity index (χ4n) is 2.38. The third kappa shape index (κ3) is 2.11. The van der Waals surface area contributed by atoms with Crippen molar-refractivity contribution >= 4 is 15.7 Å². The number of benzene rings is 1. The summed E-state index contributed by atoms with van der Waals surface area (Å²) in [6, 6.07) is 6.07. The first kappa shape index (κ1) is 13.3. The van der Waals surface area contributed by atoms with Crippen LogP contribution in [0.4, 0.5) is 5.69 Å². The van der Waals surface area contributed by atoms with Crippen LogP contribution in [-0.4, -0.2) is 37.0 Å². The van der Waals surface area contributed by atoms with Crippen molar-refractivity contribution in [3.05, 3.63) is 24.3 Å². The summed E-state index contributed by atoms with van der Waals surface area (Å²) >= 11 is 0. The summed E-state index contributed by atoms with van der Waals surface area (Å²) in [5.74, 6) is 0.162. The van der Waals surface area contributed by atoms with E-state index >= 15 is 0 Å². The van der Waals surface area contributed by atoms with Crippen molar-refractivity contribution in [1.29, 1.82) is 0 Å². The van der Waals surface area contributed by atoms with Crippen LogP contribution in [0.3, 0.4) is 0 Å². The van der Waals surface area contributed by atoms with E-state index in [2.05, 4.69) is 0 Å². The molecule has 1 fully saturated rings. The number of para-hydroxylation sites is 1. The number of nitrogens with two attached hydrogens (primary N) is 1. The van der Waals surface area contributed by atoms with Crippen LogP contribution in [0.25, 0.3) is 0 Å². The summed E-state index contributed by atoms with van der Waals surface area (Å²) in [4.78, 5) is 0.123. The van der Waals surface area contributed by atoms with Gasteiger partial charge in [-0.1, -0.05) is 19.1 Å². The molecule has 3 N–H and O–H groups in total. The Morgan fingerprint density at radius 2 is 2.11 bits per heavy atom. The smallest absolute Gasteiger partial charge is 0.245 e. The van der Waals surface area contributed by atoms with Gasteiger partial charge in [-0.15, -0.1) is 0 Å². The van der Waals surface area contributed by atoms with E-state index in [1.54, 1.807) is 18.2 Å². The van der Waals surface area contributed by atoms with E-state index in [1.807, 2.05) is 6.92 Å². The number of aliphatic hydroxyl groups is 1. The van der Waals surface area contributed by atoms with E-state index in [0.29, 0.717) is 6.54 Å². The average molecular weight is 270 g/mol. The molecule has 0 spiro atoms. The summed E-state index contributed by atoms with van der Waals surface area (Å²) in [7, 11) is -3.62. The highest BCUT2D eigenvalue weighted by Crippen LogP contribution is 2.31. The zero-order chi connectivity index (χ0) is 13.3. The molecule has 2 atom stereocenters. The lowest BCUT2D eigenvalue weighted by Crippen LogP contribution is -2.40. The summed E-state index contributed by atoms with van der Waals surface area (Å²) < 4.78 is 26.4. The topological polar surface area (TPSA) is 83.6 Å². The van der Waals surface area contributed by atoms with Crippen molar-refractivity contribution in [3.8, 4) is 0 Å². The molecule has 1 heterocycles. The third-order valence-electron chi connectivity index (χ3n) is 3.52. The number of sulfonamides is 1. The number of nitrogen functional groups attached to an aromatic ring is 1. The van der Waals surface area contributed by atoms with Crippen LogP contribution in [0.2, 0.25) is 0 Å². The molecular formula is C12H18N2O3S. The fraction of sp³-hybridized carbons (Fsp3) is 0.500. The van der Waals surface area contributed by atoms with Crippen LogP contribution < -0.4 is 5.73 Å². The Labute approximate surface area is 107 Å². The first-order valence-electron chi connectivity index (χ1n) is 5.95. The SMILES string of the molecule is CC1CCN(S(=O)(=O)c2ccccc2N)C1CO. The van der Waals surface area contributed by atoms with E-state index < -0.39 is 10.0 Å². The zero-order valence-corrected chi connectivity index (χ0v) is 11.1. The monoisotopic (exact) mass is 270 g/mol. The van der Waals surface area contributed by atoms with Gasteiger partial charge in [-0.2, -0.15) is 4.31 Å². The van der Waals surface area contributed by atoms with E-state index in [9.17, 15) is 13.5 Å². The molecule has 1 aliphatic heterocycles. The highest BCUT2D eigenvalue weighted by atomic mass is 32.2. The van der Waals surface area contributed by atoms with Crippen LogP contribution in [0, 0.1) is 5.92 Å². The lowest BCUT2D eigenvalue weighted by molar-refractivity contribution is 0.191. The minimum absolute atomic E-state index is 0.123. The molecule has 0 amide bonds. The van der Waals surface area contributed by atoms with Gasteiger partial charge in [-0.25, -0.2) is 8.42 Å². The van der Waals surface area contributed by atoms with Gasteiger partial charge >= 0.3 is 0 Å². The second-order valence-electron chi connectivity index (χ2n) is 4.67. The molecule has 0 radical (unpaired) electrons. The summed E-state index contributed by atoms with van der Waals surface area (Å²) in [5, 5.41) is 9.35. The molecule has 6 heteroatoms. The van der Waals surface area contributed by atoms with Gasteiger partial charge in [0.15, 0.2) is 0 Å². The maximum absolute atomic E-state index is 12.5. The predicted molar refractivity (Wildman–Crippen MR) is 69.4 cm³/mol. The fourth-order valence-corrected chi connectivity index (χ4v) is 4.23. The molecule has 2 unspecified atom stereocenters. The Kier molecular flexibility index (Phi) is 3.61. The van der Waals surface area contributed by atoms with Gasteiger partial charge in [0.25, 0.3) is 0 Å². The van der Waals surface area contributed by atoms with Gasteiger partial charge in [0.05, 0.1) is 18.3 Å². The number of nitrogens with zero attached hydrogens (tertiary/aromatic N) is 1. The summed E-state index contributed by atoms with van der Waals surface area (Å²) in [6.07, 6.45) is 0.761. The van der Waals surface area contributed by atoms with Crippen molar-refractivity contribution in [2.24, 2.45) is 5.92 Å². The maximum atomic E-state index is 12.5. The molecule has 18 heavy (non-hydrogen) atoms. The number of hydrogen-bond acceptors (Lipinski definition) is 4. The maximum Gasteiger partial charge on any atom is 0.245 e. The van der Waals surface area contributed by atoms with E-state index in [-0.39, 0.29) is 29.1 Å². The second kappa shape index (κ2) is 4.87. The highest BCUT2D eigenvalue weighted by molar-refractivity contribution is 7.89. The van der Waals surface area contributed by atoms with Crippen LogP contribution in [0.5, 0.6) is 0 Å². The molecule has 1 aliphatic rings. The Hall–Kier alpha value is -1.11. The first-order valence-corrected chi connectivity index (χ1v) is 7.39. The van der Waals surface area contributed by atoms with Crippen molar-refractivity contribution in [3.63, 3.8) is 0 Å². The van der Waals surface area contributed by atoms with Gasteiger partial charge in [0.1, 0.15) is 4.90 Å². The normalized spacial score (nSPS) is 25.4. The van der Waals surface area contributed by atoms with E-state index in [0.717, 1.165) is 6.42 Å². The Balaban J connectivity index is 2.41. The second-order valence-corrected chi connectivity index (χ2v) is 6.53. The van der Waals surface area contributed by atoms with Crippen LogP contribution in [0.15, 0.2) is 29.2 Å². The van der Waals surface area contributed by atoms with E-state index in [4.69, 9.17) is 5.73 Å². The number of hydrogen-bond donors (Lipinski definition) is 2. The lowest BCUT2D eigenvalue weighted by atomic mass is 10.0. The van der Waals surface area contributed by atoms with Crippen molar-refractivity contribution < 1.29 is 13.5 Å². The highest BCUT2D eigenvalue weighted by Gasteiger charge is 2.39. The standard InChI is InChI=1S/C12H18N2O3S/c1-9-6-7-14(11(9)8-15)18(16,17)12-5-3-2-4-10(12)13/h2-5,9,11,15H,6-8,13H2,1H3. The quantitative estimate of drug-likeness (QED) is 0.790. The van der Waals surface area contributed by atoms with Crippen molar-refractivity contribution in [2.45, 2.75) is 24.3 Å². The van der Waals surface area contributed by atoms with Gasteiger partial charge in [-0.3, -0.25) is 0 Å². The Bertz CT molecular complexity index is 530. The molecule has 100 valence electrons. The Morgan fingerprint density at radius 1 is 1.44 bits per heavy atom. The molecule has 0 aromatic heterocycles. The van der Waals surface area contributed by atoms with Crippen molar-refractivity contribution in [1.82, 2.24) is 4.31 Å². The average Bonchev–Trinajstić information content (AvgIpc) is 2.71. The minimum atomic E-state index is -3.62. The molecular weight excluding hydrogens is 252 g/mol. The Morgan fingerprint density at radius 3 is 2.72 bits per heavy atom. The van der Waals surface area contributed by atoms with Crippen molar-refractivity contribution in [2.75, 3.05) is 18.9 Å². The molecule has 2 rings (SSSR count). The molecule has 0 bridgehead atoms. The van der Waals surface area contributed by atoms with Crippen LogP contribution in [0.1, 0.15) is 13.3 Å². The predicted octanol–water partition coefficient (Wildman–Crippen LogP) is 0.660. The largest absolute Gasteiger partial charge is 0.398 e. The summed E-state index contributed by atoms with van der Waals surface area (Å²) in [6.45, 7) is 2.22. The molecule has 5 nitrogen and oxygen atoms in total. The van der Waals surface area contributed by atoms with Gasteiger partial charge in [0, 0.05) is 6.54 Å². The summed E-state index contributed by atoms with van der Waals surface area (Å²) in [5.41, 5.74) is 5.97. The third-order valence-corrected chi connectivity index (χ3v) is 5.52. The molecule has 1 saturated heterocycles. The molecule has 0 aliphatic carbocycles. The molecule has 0 saturated carbocycles. The van der Waals surface area contributed by atoms with E-state index in [1.165, 1.54) is 10.4 Å². The number of anilines is 1. The number of rotatable bonds is 3. The number of aliphatic hydroxyl groups excluding tert-OH is 1. The van der Waals surface area contributed by atoms with Gasteiger partial charge in [0.2, 0.25) is 10.0 Å². The van der Waals surface area contributed by atoms with Gasteiger partial charge < -0.3 is 10.8 Å². The van der Waals surface area contributed by atoms with Gasteiger partial charge in [-0.05, 0) is 24.5 Å². The lowest BCUT2D eigenvalue weighted by Gasteiger charge is -2.25. The van der Waals surface area contributed by atoms with Crippen LogP contribution in [-0.2, 0) is 10.0 Å². The molecule has 1 aromatic carbocycles.